The molecule has 0 saturated heterocycles. The fourth-order valence-electron chi connectivity index (χ4n) is 1.11. The lowest BCUT2D eigenvalue weighted by Gasteiger charge is -2.07. The van der Waals surface area contributed by atoms with Crippen molar-refractivity contribution in [2.75, 3.05) is 19.5 Å². The first-order valence-electron chi connectivity index (χ1n) is 4.11. The minimum Gasteiger partial charge on any atom is -0.286 e. The Bertz CT molecular complexity index is 450. The zero-order valence-electron chi connectivity index (χ0n) is 7.90. The largest absolute Gasteiger partial charge is 0.286 e. The highest BCUT2D eigenvalue weighted by Gasteiger charge is 2.03. The summed E-state index contributed by atoms with van der Waals surface area (Å²) in [6.45, 7) is 0. The average molecular weight is 195 g/mol. The number of hydrogen-bond acceptors (Lipinski definition) is 4. The minimum absolute atomic E-state index is 0.334. The predicted octanol–water partition coefficient (Wildman–Crippen LogP) is 0.757. The van der Waals surface area contributed by atoms with Crippen LogP contribution in [0.2, 0.25) is 0 Å². The Labute approximate surface area is 80.1 Å². The van der Waals surface area contributed by atoms with Crippen LogP contribution in [-0.2, 0) is 0 Å². The van der Waals surface area contributed by atoms with Crippen molar-refractivity contribution in [1.82, 2.24) is 19.6 Å². The first-order chi connectivity index (χ1) is 6.65. The molecule has 2 aromatic rings. The van der Waals surface area contributed by atoms with E-state index in [1.165, 1.54) is 16.8 Å². The van der Waals surface area contributed by atoms with Gasteiger partial charge in [-0.3, -0.25) is 5.43 Å². The lowest BCUT2D eigenvalue weighted by molar-refractivity contribution is 0.489. The number of pyridine rings is 1. The molecular formula is C8H10FN5. The first-order valence-corrected chi connectivity index (χ1v) is 4.11. The molecule has 0 radical (unpaired) electrons. The Hall–Kier alpha value is -1.69. The highest BCUT2D eigenvalue weighted by Crippen LogP contribution is 2.06. The van der Waals surface area contributed by atoms with Crippen LogP contribution in [0.15, 0.2) is 18.3 Å². The van der Waals surface area contributed by atoms with Gasteiger partial charge in [-0.15, -0.1) is 5.10 Å². The van der Waals surface area contributed by atoms with E-state index in [9.17, 15) is 4.39 Å². The molecule has 2 aromatic heterocycles. The molecule has 5 nitrogen and oxygen atoms in total. The van der Waals surface area contributed by atoms with Crippen molar-refractivity contribution in [3.63, 3.8) is 0 Å². The summed E-state index contributed by atoms with van der Waals surface area (Å²) in [5.74, 6) is 0.111. The second-order valence-corrected chi connectivity index (χ2v) is 3.09. The third-order valence-electron chi connectivity index (χ3n) is 1.62. The van der Waals surface area contributed by atoms with E-state index in [2.05, 4.69) is 15.5 Å². The number of nitrogens with zero attached hydrogens (tertiary/aromatic N) is 4. The van der Waals surface area contributed by atoms with E-state index in [1.54, 1.807) is 11.1 Å². The summed E-state index contributed by atoms with van der Waals surface area (Å²) in [6.07, 6.45) is 1.28. The smallest absolute Gasteiger partial charge is 0.257 e. The summed E-state index contributed by atoms with van der Waals surface area (Å²) in [4.78, 5) is 4.13. The van der Waals surface area contributed by atoms with Crippen molar-refractivity contribution in [2.24, 2.45) is 0 Å². The summed E-state index contributed by atoms with van der Waals surface area (Å²) in [5, 5.41) is 5.74. The molecule has 14 heavy (non-hydrogen) atoms. The van der Waals surface area contributed by atoms with Gasteiger partial charge in [-0.25, -0.2) is 13.9 Å². The summed E-state index contributed by atoms with van der Waals surface area (Å²) in [5.41, 5.74) is 3.49. The molecule has 6 heteroatoms. The van der Waals surface area contributed by atoms with Crippen molar-refractivity contribution < 1.29 is 4.39 Å². The van der Waals surface area contributed by atoms with E-state index >= 15 is 0 Å². The van der Waals surface area contributed by atoms with Crippen molar-refractivity contribution in [2.45, 2.75) is 0 Å². The second kappa shape index (κ2) is 3.22. The molecule has 0 amide bonds. The van der Waals surface area contributed by atoms with Crippen molar-refractivity contribution >= 4 is 11.6 Å². The fourth-order valence-corrected chi connectivity index (χ4v) is 1.11. The van der Waals surface area contributed by atoms with Crippen molar-refractivity contribution in [3.8, 4) is 0 Å². The summed E-state index contributed by atoms with van der Waals surface area (Å²) in [6, 6.07) is 2.92. The molecule has 0 aliphatic heterocycles. The van der Waals surface area contributed by atoms with Crippen LogP contribution in [0, 0.1) is 5.82 Å². The van der Waals surface area contributed by atoms with Crippen LogP contribution in [-0.4, -0.2) is 33.7 Å². The molecule has 0 atom stereocenters. The van der Waals surface area contributed by atoms with Crippen LogP contribution in [0.3, 0.4) is 0 Å². The van der Waals surface area contributed by atoms with E-state index < -0.39 is 0 Å². The number of anilines is 1. The zero-order chi connectivity index (χ0) is 10.1. The number of hydrazine groups is 1. The Morgan fingerprint density at radius 1 is 1.43 bits per heavy atom. The molecule has 74 valence electrons. The van der Waals surface area contributed by atoms with Gasteiger partial charge in [0.2, 0.25) is 0 Å². The van der Waals surface area contributed by atoms with Crippen LogP contribution in [0.5, 0.6) is 0 Å². The van der Waals surface area contributed by atoms with Gasteiger partial charge in [-0.2, -0.15) is 4.98 Å². The molecule has 0 fully saturated rings. The average Bonchev–Trinajstić information content (AvgIpc) is 2.44. The predicted molar refractivity (Wildman–Crippen MR) is 50.3 cm³/mol. The monoisotopic (exact) mass is 195 g/mol. The van der Waals surface area contributed by atoms with Gasteiger partial charge in [0.05, 0.1) is 6.20 Å². The van der Waals surface area contributed by atoms with E-state index in [1.807, 2.05) is 14.1 Å². The molecule has 0 aromatic carbocycles. The van der Waals surface area contributed by atoms with E-state index in [-0.39, 0.29) is 5.82 Å². The number of rotatable bonds is 2. The molecule has 0 bridgehead atoms. The van der Waals surface area contributed by atoms with Gasteiger partial charge in [-0.1, -0.05) is 0 Å². The second-order valence-electron chi connectivity index (χ2n) is 3.09. The van der Waals surface area contributed by atoms with E-state index in [0.29, 0.717) is 11.6 Å². The molecule has 0 spiro atoms. The lowest BCUT2D eigenvalue weighted by atomic mass is 10.5. The van der Waals surface area contributed by atoms with Crippen LogP contribution < -0.4 is 5.43 Å². The van der Waals surface area contributed by atoms with Gasteiger partial charge < -0.3 is 0 Å². The quantitative estimate of drug-likeness (QED) is 0.718. The topological polar surface area (TPSA) is 45.5 Å². The highest BCUT2D eigenvalue weighted by atomic mass is 19.1. The van der Waals surface area contributed by atoms with Gasteiger partial charge in [0.15, 0.2) is 5.65 Å². The highest BCUT2D eigenvalue weighted by molar-refractivity contribution is 5.42. The van der Waals surface area contributed by atoms with Gasteiger partial charge in [0.25, 0.3) is 5.95 Å². The third kappa shape index (κ3) is 1.64. The van der Waals surface area contributed by atoms with Crippen molar-refractivity contribution in [3.05, 3.63) is 24.1 Å². The molecule has 0 unspecified atom stereocenters. The van der Waals surface area contributed by atoms with Crippen molar-refractivity contribution in [1.29, 1.82) is 0 Å². The van der Waals surface area contributed by atoms with Gasteiger partial charge >= 0.3 is 0 Å². The Morgan fingerprint density at radius 3 is 2.93 bits per heavy atom. The zero-order valence-corrected chi connectivity index (χ0v) is 7.90. The van der Waals surface area contributed by atoms with Gasteiger partial charge in [0, 0.05) is 14.1 Å². The molecule has 1 N–H and O–H groups in total. The number of nitrogens with one attached hydrogen (secondary N) is 1. The molecule has 0 aliphatic carbocycles. The Kier molecular flexibility index (Phi) is 2.05. The van der Waals surface area contributed by atoms with Gasteiger partial charge in [-0.05, 0) is 12.1 Å². The summed E-state index contributed by atoms with van der Waals surface area (Å²) < 4.78 is 14.2. The van der Waals surface area contributed by atoms with Gasteiger partial charge in [0.1, 0.15) is 5.82 Å². The van der Waals surface area contributed by atoms with E-state index in [4.69, 9.17) is 0 Å². The maximum atomic E-state index is 12.8. The molecule has 0 aliphatic rings. The number of aromatic nitrogens is 3. The van der Waals surface area contributed by atoms with Crippen LogP contribution in [0.4, 0.5) is 10.3 Å². The Morgan fingerprint density at radius 2 is 2.21 bits per heavy atom. The fraction of sp³-hybridized carbons (Fsp3) is 0.250. The minimum atomic E-state index is -0.334. The number of halogens is 1. The summed E-state index contributed by atoms with van der Waals surface area (Å²) >= 11 is 0. The van der Waals surface area contributed by atoms with E-state index in [0.717, 1.165) is 0 Å². The molecule has 0 saturated carbocycles. The number of hydrogen-bond donors (Lipinski definition) is 1. The maximum Gasteiger partial charge on any atom is 0.257 e. The molecular weight excluding hydrogens is 185 g/mol. The lowest BCUT2D eigenvalue weighted by Crippen LogP contribution is -2.20. The summed E-state index contributed by atoms with van der Waals surface area (Å²) in [7, 11) is 3.65. The standard InChI is InChI=1S/C8H10FN5/c1-13(2)11-8-10-7-4-3-6(9)5-14(7)12-8/h3-5H,1-2H3,(H,11,12). The Balaban J connectivity index is 2.41. The maximum absolute atomic E-state index is 12.8. The van der Waals surface area contributed by atoms with Crippen LogP contribution in [0.25, 0.3) is 5.65 Å². The number of fused-ring (bicyclic) bond motifs is 1. The molecule has 2 rings (SSSR count). The first kappa shape index (κ1) is 8.89. The third-order valence-corrected chi connectivity index (χ3v) is 1.62. The normalized spacial score (nSPS) is 11.1. The SMILES string of the molecule is CN(C)Nc1nc2ccc(F)cn2n1. The molecule has 2 heterocycles. The van der Waals surface area contributed by atoms with Crippen LogP contribution in [0.1, 0.15) is 0 Å². The van der Waals surface area contributed by atoms with Crippen LogP contribution >= 0.6 is 0 Å².